The lowest BCUT2D eigenvalue weighted by molar-refractivity contribution is -0.145. The molecule has 2 aliphatic heterocycles. The van der Waals surface area contributed by atoms with Crippen LogP contribution in [-0.4, -0.2) is 61.3 Å². The molecule has 0 aromatic heterocycles. The lowest BCUT2D eigenvalue weighted by Gasteiger charge is -2.29. The Morgan fingerprint density at radius 2 is 2.00 bits per heavy atom. The zero-order chi connectivity index (χ0) is 13.3. The Kier molecular flexibility index (Phi) is 3.87. The molecule has 4 unspecified atom stereocenters. The molecule has 0 aromatic carbocycles. The average molecular weight is 256 g/mol. The second-order valence-corrected chi connectivity index (χ2v) is 5.24. The van der Waals surface area contributed by atoms with Crippen LogP contribution in [0, 0.1) is 17.8 Å². The summed E-state index contributed by atoms with van der Waals surface area (Å²) in [6, 6.07) is -0.345. The molecule has 2 rings (SSSR count). The van der Waals surface area contributed by atoms with Gasteiger partial charge in [0.15, 0.2) is 0 Å². The molecule has 0 aromatic rings. The quantitative estimate of drug-likeness (QED) is 0.705. The molecule has 6 heteroatoms. The minimum absolute atomic E-state index is 0.0225. The number of nitrogens with one attached hydrogen (secondary N) is 1. The van der Waals surface area contributed by atoms with E-state index >= 15 is 0 Å². The maximum atomic E-state index is 12.3. The average Bonchev–Trinajstić information content (AvgIpc) is 2.95. The molecular formula is C12H20N2O4. The van der Waals surface area contributed by atoms with Gasteiger partial charge in [0.2, 0.25) is 5.91 Å². The molecule has 2 N–H and O–H groups in total. The number of hydrogen-bond donors (Lipinski definition) is 2. The Hall–Kier alpha value is -1.14. The minimum atomic E-state index is -0.894. The van der Waals surface area contributed by atoms with E-state index < -0.39 is 11.9 Å². The van der Waals surface area contributed by atoms with Crippen molar-refractivity contribution in [1.82, 2.24) is 10.2 Å². The number of amides is 1. The van der Waals surface area contributed by atoms with Gasteiger partial charge in [-0.3, -0.25) is 9.59 Å². The van der Waals surface area contributed by atoms with Crippen LogP contribution in [0.1, 0.15) is 6.92 Å². The molecule has 1 amide bonds. The number of carbonyl (C=O) groups is 2. The van der Waals surface area contributed by atoms with Crippen LogP contribution in [0.2, 0.25) is 0 Å². The van der Waals surface area contributed by atoms with E-state index in [0.29, 0.717) is 19.1 Å². The smallest absolute Gasteiger partial charge is 0.311 e. The molecule has 2 saturated heterocycles. The first-order valence-electron chi connectivity index (χ1n) is 6.30. The van der Waals surface area contributed by atoms with Gasteiger partial charge in [0.1, 0.15) is 5.92 Å². The summed E-state index contributed by atoms with van der Waals surface area (Å²) in [5, 5.41) is 12.3. The lowest BCUT2D eigenvalue weighted by Crippen LogP contribution is -2.47. The summed E-state index contributed by atoms with van der Waals surface area (Å²) in [6.45, 7) is 4.06. The molecule has 2 heterocycles. The maximum Gasteiger partial charge on any atom is 0.311 e. The molecule has 6 nitrogen and oxygen atoms in total. The van der Waals surface area contributed by atoms with Crippen LogP contribution >= 0.6 is 0 Å². The number of carboxylic acid groups (broad SMARTS) is 1. The molecule has 0 spiro atoms. The van der Waals surface area contributed by atoms with Crippen molar-refractivity contribution in [1.29, 1.82) is 0 Å². The molecule has 2 fully saturated rings. The predicted octanol–water partition coefficient (Wildman–Crippen LogP) is -0.600. The van der Waals surface area contributed by atoms with Crippen molar-refractivity contribution in [3.05, 3.63) is 0 Å². The van der Waals surface area contributed by atoms with Gasteiger partial charge in [-0.15, -0.1) is 0 Å². The van der Waals surface area contributed by atoms with Crippen LogP contribution in [0.25, 0.3) is 0 Å². The number of ether oxygens (including phenoxy) is 1. The highest BCUT2D eigenvalue weighted by molar-refractivity contribution is 5.81. The van der Waals surface area contributed by atoms with E-state index in [-0.39, 0.29) is 24.5 Å². The molecule has 4 atom stereocenters. The summed E-state index contributed by atoms with van der Waals surface area (Å²) in [4.78, 5) is 25.0. The fourth-order valence-electron chi connectivity index (χ4n) is 2.73. The summed E-state index contributed by atoms with van der Waals surface area (Å²) in [5.41, 5.74) is 0. The number of hydrogen-bond acceptors (Lipinski definition) is 4. The number of nitrogens with zero attached hydrogens (tertiary/aromatic N) is 1. The molecule has 0 bridgehead atoms. The van der Waals surface area contributed by atoms with Crippen LogP contribution < -0.4 is 5.32 Å². The maximum absolute atomic E-state index is 12.3. The first-order chi connectivity index (χ1) is 8.52. The van der Waals surface area contributed by atoms with E-state index in [2.05, 4.69) is 5.32 Å². The van der Waals surface area contributed by atoms with Crippen LogP contribution in [0.15, 0.2) is 0 Å². The zero-order valence-electron chi connectivity index (χ0n) is 10.8. The van der Waals surface area contributed by atoms with Gasteiger partial charge in [0.25, 0.3) is 0 Å². The Morgan fingerprint density at radius 3 is 2.56 bits per heavy atom. The highest BCUT2D eigenvalue weighted by atomic mass is 16.5. The number of aliphatic carboxylic acids is 1. The van der Waals surface area contributed by atoms with E-state index in [0.717, 1.165) is 6.54 Å². The summed E-state index contributed by atoms with van der Waals surface area (Å²) in [7, 11) is 1.68. The van der Waals surface area contributed by atoms with E-state index in [4.69, 9.17) is 9.84 Å². The van der Waals surface area contributed by atoms with Gasteiger partial charge < -0.3 is 20.1 Å². The molecule has 0 saturated carbocycles. The Morgan fingerprint density at radius 1 is 1.28 bits per heavy atom. The van der Waals surface area contributed by atoms with Crippen molar-refractivity contribution in [3.8, 4) is 0 Å². The summed E-state index contributed by atoms with van der Waals surface area (Å²) < 4.78 is 5.20. The second-order valence-electron chi connectivity index (χ2n) is 5.24. The van der Waals surface area contributed by atoms with Gasteiger partial charge in [-0.05, 0) is 12.5 Å². The van der Waals surface area contributed by atoms with Crippen LogP contribution in [0.5, 0.6) is 0 Å². The third-order valence-corrected chi connectivity index (χ3v) is 4.05. The standard InChI is InChI=1S/C12H20N2O4/c1-7-3-13-4-8(7)11(15)14(2)10-6-18-5-9(10)12(16)17/h7-10,13H,3-6H2,1-2H3,(H,16,17). The zero-order valence-corrected chi connectivity index (χ0v) is 10.8. The van der Waals surface area contributed by atoms with E-state index in [9.17, 15) is 9.59 Å². The number of carbonyl (C=O) groups excluding carboxylic acids is 1. The number of likely N-dealkylation sites (N-methyl/N-ethyl adjacent to an activating group) is 1. The molecule has 102 valence electrons. The number of rotatable bonds is 3. The van der Waals surface area contributed by atoms with Crippen molar-refractivity contribution in [3.63, 3.8) is 0 Å². The second kappa shape index (κ2) is 5.24. The van der Waals surface area contributed by atoms with E-state index in [1.165, 1.54) is 0 Å². The van der Waals surface area contributed by atoms with Crippen molar-refractivity contribution in [2.24, 2.45) is 17.8 Å². The van der Waals surface area contributed by atoms with Crippen molar-refractivity contribution < 1.29 is 19.4 Å². The van der Waals surface area contributed by atoms with Crippen LogP contribution in [0.3, 0.4) is 0 Å². The van der Waals surface area contributed by atoms with Gasteiger partial charge >= 0.3 is 5.97 Å². The van der Waals surface area contributed by atoms with E-state index in [1.54, 1.807) is 11.9 Å². The van der Waals surface area contributed by atoms with Crippen molar-refractivity contribution in [2.75, 3.05) is 33.4 Å². The van der Waals surface area contributed by atoms with E-state index in [1.807, 2.05) is 6.92 Å². The summed E-state index contributed by atoms with van der Waals surface area (Å²) in [6.07, 6.45) is 0. The molecule has 18 heavy (non-hydrogen) atoms. The molecule has 2 aliphatic rings. The fraction of sp³-hybridized carbons (Fsp3) is 0.833. The normalized spacial score (nSPS) is 35.7. The molecule has 0 aliphatic carbocycles. The molecular weight excluding hydrogens is 236 g/mol. The Labute approximate surface area is 106 Å². The fourth-order valence-corrected chi connectivity index (χ4v) is 2.73. The monoisotopic (exact) mass is 256 g/mol. The van der Waals surface area contributed by atoms with Gasteiger partial charge in [-0.25, -0.2) is 0 Å². The van der Waals surface area contributed by atoms with Crippen LogP contribution in [-0.2, 0) is 14.3 Å². The Bertz CT molecular complexity index is 347. The topological polar surface area (TPSA) is 78.9 Å². The van der Waals surface area contributed by atoms with Gasteiger partial charge in [-0.2, -0.15) is 0 Å². The van der Waals surface area contributed by atoms with Crippen LogP contribution in [0.4, 0.5) is 0 Å². The largest absolute Gasteiger partial charge is 0.481 e. The number of carboxylic acids is 1. The first-order valence-corrected chi connectivity index (χ1v) is 6.30. The predicted molar refractivity (Wildman–Crippen MR) is 64.0 cm³/mol. The Balaban J connectivity index is 2.04. The van der Waals surface area contributed by atoms with Gasteiger partial charge in [0, 0.05) is 13.6 Å². The summed E-state index contributed by atoms with van der Waals surface area (Å²) in [5.74, 6) is -1.23. The summed E-state index contributed by atoms with van der Waals surface area (Å²) >= 11 is 0. The highest BCUT2D eigenvalue weighted by Crippen LogP contribution is 2.24. The van der Waals surface area contributed by atoms with Crippen molar-refractivity contribution in [2.45, 2.75) is 13.0 Å². The third-order valence-electron chi connectivity index (χ3n) is 4.05. The first kappa shape index (κ1) is 13.3. The van der Waals surface area contributed by atoms with Crippen molar-refractivity contribution >= 4 is 11.9 Å². The third kappa shape index (κ3) is 2.35. The van der Waals surface area contributed by atoms with Gasteiger partial charge in [-0.1, -0.05) is 6.92 Å². The minimum Gasteiger partial charge on any atom is -0.481 e. The lowest BCUT2D eigenvalue weighted by atomic mass is 9.94. The molecule has 0 radical (unpaired) electrons. The van der Waals surface area contributed by atoms with Gasteiger partial charge in [0.05, 0.1) is 25.2 Å². The SMILES string of the molecule is CC1CNCC1C(=O)N(C)C1COCC1C(=O)O. The highest BCUT2D eigenvalue weighted by Gasteiger charge is 2.41.